The first-order valence-electron chi connectivity index (χ1n) is 10.8. The number of rotatable bonds is 2. The van der Waals surface area contributed by atoms with Crippen LogP contribution in [0.3, 0.4) is 0 Å². The Labute approximate surface area is 184 Å². The van der Waals surface area contributed by atoms with Crippen LogP contribution in [0.2, 0.25) is 0 Å². The Morgan fingerprint density at radius 1 is 0.375 bits per heavy atom. The van der Waals surface area contributed by atoms with E-state index in [0.29, 0.717) is 0 Å². The van der Waals surface area contributed by atoms with Crippen molar-refractivity contribution in [2.24, 2.45) is 0 Å². The summed E-state index contributed by atoms with van der Waals surface area (Å²) in [5, 5.41) is 4.34. The van der Waals surface area contributed by atoms with Crippen LogP contribution in [0.5, 0.6) is 0 Å². The molecule has 150 valence electrons. The second-order valence-electron chi connectivity index (χ2n) is 8.17. The highest BCUT2D eigenvalue weighted by Gasteiger charge is 2.17. The number of furan rings is 2. The summed E-state index contributed by atoms with van der Waals surface area (Å²) >= 11 is 0. The molecule has 2 heterocycles. The van der Waals surface area contributed by atoms with E-state index in [-0.39, 0.29) is 0 Å². The summed E-state index contributed by atoms with van der Waals surface area (Å²) in [4.78, 5) is 0. The van der Waals surface area contributed by atoms with Gasteiger partial charge in [0.2, 0.25) is 0 Å². The first kappa shape index (κ1) is 17.4. The molecule has 0 saturated carbocycles. The lowest BCUT2D eigenvalue weighted by Crippen LogP contribution is -1.77. The number of hydrogen-bond donors (Lipinski definition) is 0. The van der Waals surface area contributed by atoms with Gasteiger partial charge in [-0.1, -0.05) is 72.8 Å². The van der Waals surface area contributed by atoms with E-state index in [9.17, 15) is 0 Å². The molecule has 0 radical (unpaired) electrons. The van der Waals surface area contributed by atoms with Gasteiger partial charge in [-0.3, -0.25) is 0 Å². The molecule has 0 aliphatic rings. The Hall–Kier alpha value is -4.30. The van der Waals surface area contributed by atoms with Crippen LogP contribution in [0.15, 0.2) is 118 Å². The third-order valence-electron chi connectivity index (χ3n) is 6.28. The summed E-state index contributed by atoms with van der Waals surface area (Å²) in [6.07, 6.45) is 0. The highest BCUT2D eigenvalue weighted by Crippen LogP contribution is 2.41. The lowest BCUT2D eigenvalue weighted by atomic mass is 10.0. The van der Waals surface area contributed by atoms with Crippen molar-refractivity contribution in [2.45, 2.75) is 0 Å². The number of fused-ring (bicyclic) bond motifs is 7. The van der Waals surface area contributed by atoms with E-state index in [1.165, 1.54) is 22.3 Å². The Morgan fingerprint density at radius 2 is 0.938 bits per heavy atom. The lowest BCUT2D eigenvalue weighted by molar-refractivity contribution is 0.663. The molecule has 0 N–H and O–H groups in total. The van der Waals surface area contributed by atoms with Crippen LogP contribution in [0.4, 0.5) is 0 Å². The zero-order valence-corrected chi connectivity index (χ0v) is 17.2. The molecule has 7 rings (SSSR count). The van der Waals surface area contributed by atoms with Gasteiger partial charge in [-0.15, -0.1) is 0 Å². The SMILES string of the molecule is c1ccc(-c2ccc3oc4c(ccc5oc6ccc(-c7ccccc7)cc6c54)c3c2)cc1. The largest absolute Gasteiger partial charge is 0.456 e. The van der Waals surface area contributed by atoms with Gasteiger partial charge < -0.3 is 8.83 Å². The van der Waals surface area contributed by atoms with Crippen molar-refractivity contribution in [1.82, 2.24) is 0 Å². The fraction of sp³-hybridized carbons (Fsp3) is 0. The predicted molar refractivity (Wildman–Crippen MR) is 132 cm³/mol. The average molecular weight is 410 g/mol. The van der Waals surface area contributed by atoms with Crippen molar-refractivity contribution in [2.75, 3.05) is 0 Å². The van der Waals surface area contributed by atoms with Crippen LogP contribution < -0.4 is 0 Å². The van der Waals surface area contributed by atoms with Crippen LogP contribution in [-0.2, 0) is 0 Å². The molecule has 0 bridgehead atoms. The molecule has 2 aromatic heterocycles. The van der Waals surface area contributed by atoms with E-state index in [0.717, 1.165) is 43.9 Å². The van der Waals surface area contributed by atoms with E-state index < -0.39 is 0 Å². The maximum atomic E-state index is 6.41. The predicted octanol–water partition coefficient (Wildman–Crippen LogP) is 8.82. The molecule has 32 heavy (non-hydrogen) atoms. The van der Waals surface area contributed by atoms with Crippen molar-refractivity contribution >= 4 is 43.9 Å². The van der Waals surface area contributed by atoms with Gasteiger partial charge in [0.05, 0.1) is 5.39 Å². The fourth-order valence-corrected chi connectivity index (χ4v) is 4.72. The Balaban J connectivity index is 1.52. The standard InChI is InChI=1S/C30H18O2/c1-3-7-19(8-4-1)21-11-14-26-24(17-21)23-13-16-28-29(30(23)32-26)25-18-22(12-15-27(25)31-28)20-9-5-2-6-10-20/h1-18H. The van der Waals surface area contributed by atoms with Crippen molar-refractivity contribution < 1.29 is 8.83 Å². The Morgan fingerprint density at radius 3 is 1.59 bits per heavy atom. The van der Waals surface area contributed by atoms with Crippen LogP contribution in [0.25, 0.3) is 66.1 Å². The normalized spacial score (nSPS) is 11.8. The third kappa shape index (κ3) is 2.53. The molecule has 0 unspecified atom stereocenters. The van der Waals surface area contributed by atoms with E-state index in [1.54, 1.807) is 0 Å². The highest BCUT2D eigenvalue weighted by atomic mass is 16.3. The smallest absolute Gasteiger partial charge is 0.147 e. The zero-order chi connectivity index (χ0) is 21.1. The van der Waals surface area contributed by atoms with Gasteiger partial charge in [0.25, 0.3) is 0 Å². The Kier molecular flexibility index (Phi) is 3.58. The molecular formula is C30H18O2. The van der Waals surface area contributed by atoms with Gasteiger partial charge in [0.15, 0.2) is 0 Å². The summed E-state index contributed by atoms with van der Waals surface area (Å²) < 4.78 is 12.6. The van der Waals surface area contributed by atoms with E-state index in [2.05, 4.69) is 97.1 Å². The topological polar surface area (TPSA) is 26.3 Å². The molecule has 0 saturated heterocycles. The molecular weight excluding hydrogens is 392 g/mol. The van der Waals surface area contributed by atoms with E-state index in [4.69, 9.17) is 8.83 Å². The van der Waals surface area contributed by atoms with Gasteiger partial charge >= 0.3 is 0 Å². The van der Waals surface area contributed by atoms with Crippen LogP contribution in [0, 0.1) is 0 Å². The van der Waals surface area contributed by atoms with E-state index in [1.807, 2.05) is 12.1 Å². The first-order chi connectivity index (χ1) is 15.8. The van der Waals surface area contributed by atoms with E-state index >= 15 is 0 Å². The van der Waals surface area contributed by atoms with Crippen molar-refractivity contribution in [3.63, 3.8) is 0 Å². The maximum absolute atomic E-state index is 6.41. The zero-order valence-electron chi connectivity index (χ0n) is 17.2. The highest BCUT2D eigenvalue weighted by molar-refractivity contribution is 6.22. The summed E-state index contributed by atoms with van der Waals surface area (Å²) in [7, 11) is 0. The summed E-state index contributed by atoms with van der Waals surface area (Å²) in [6.45, 7) is 0. The second kappa shape index (κ2) is 6.60. The van der Waals surface area contributed by atoms with Crippen LogP contribution >= 0.6 is 0 Å². The van der Waals surface area contributed by atoms with Crippen LogP contribution in [0.1, 0.15) is 0 Å². The average Bonchev–Trinajstić information content (AvgIpc) is 3.42. The van der Waals surface area contributed by atoms with Crippen molar-refractivity contribution in [3.8, 4) is 22.3 Å². The first-order valence-corrected chi connectivity index (χ1v) is 10.8. The summed E-state index contributed by atoms with van der Waals surface area (Å²) in [5.41, 5.74) is 8.23. The molecule has 0 fully saturated rings. The van der Waals surface area contributed by atoms with Crippen molar-refractivity contribution in [1.29, 1.82) is 0 Å². The molecule has 0 spiro atoms. The lowest BCUT2D eigenvalue weighted by Gasteiger charge is -2.01. The van der Waals surface area contributed by atoms with Gasteiger partial charge in [-0.05, 0) is 58.7 Å². The molecule has 0 atom stereocenters. The van der Waals surface area contributed by atoms with Gasteiger partial charge in [0.1, 0.15) is 22.3 Å². The maximum Gasteiger partial charge on any atom is 0.147 e. The summed E-state index contributed by atoms with van der Waals surface area (Å²) in [6, 6.07) is 37.8. The summed E-state index contributed by atoms with van der Waals surface area (Å²) in [5.74, 6) is 0. The minimum absolute atomic E-state index is 0.847. The van der Waals surface area contributed by atoms with Crippen LogP contribution in [-0.4, -0.2) is 0 Å². The minimum atomic E-state index is 0.847. The van der Waals surface area contributed by atoms with Gasteiger partial charge in [-0.25, -0.2) is 0 Å². The molecule has 0 aliphatic heterocycles. The molecule has 7 aromatic rings. The molecule has 2 heteroatoms. The fourth-order valence-electron chi connectivity index (χ4n) is 4.72. The number of hydrogen-bond acceptors (Lipinski definition) is 2. The minimum Gasteiger partial charge on any atom is -0.456 e. The molecule has 0 amide bonds. The Bertz CT molecular complexity index is 1750. The molecule has 0 aliphatic carbocycles. The quantitative estimate of drug-likeness (QED) is 0.284. The number of benzene rings is 5. The second-order valence-corrected chi connectivity index (χ2v) is 8.17. The molecule has 2 nitrogen and oxygen atoms in total. The van der Waals surface area contributed by atoms with Crippen molar-refractivity contribution in [3.05, 3.63) is 109 Å². The van der Waals surface area contributed by atoms with Gasteiger partial charge in [0, 0.05) is 16.2 Å². The molecule has 5 aromatic carbocycles. The third-order valence-corrected chi connectivity index (χ3v) is 6.28. The van der Waals surface area contributed by atoms with Gasteiger partial charge in [-0.2, -0.15) is 0 Å². The monoisotopic (exact) mass is 410 g/mol.